The second kappa shape index (κ2) is 3.91. The summed E-state index contributed by atoms with van der Waals surface area (Å²) >= 11 is 3.45. The topological polar surface area (TPSA) is 46.2 Å². The lowest BCUT2D eigenvalue weighted by molar-refractivity contribution is -0.00520. The molecule has 0 spiro atoms. The summed E-state index contributed by atoms with van der Waals surface area (Å²) < 4.78 is 0.748. The fourth-order valence-electron chi connectivity index (χ4n) is 5.39. The molecule has 3 heteroatoms. The third-order valence-electron chi connectivity index (χ3n) is 5.74. The largest absolute Gasteiger partial charge is 0.505 e. The van der Waals surface area contributed by atoms with Gasteiger partial charge in [0.15, 0.2) is 5.75 Å². The molecule has 0 saturated heterocycles. The van der Waals surface area contributed by atoms with Crippen LogP contribution in [0.25, 0.3) is 0 Å². The van der Waals surface area contributed by atoms with Gasteiger partial charge in [0, 0.05) is 0 Å². The van der Waals surface area contributed by atoms with Gasteiger partial charge in [-0.15, -0.1) is 0 Å². The summed E-state index contributed by atoms with van der Waals surface area (Å²) in [5.74, 6) is 2.98. The molecule has 0 aromatic heterocycles. The third kappa shape index (κ3) is 1.74. The van der Waals surface area contributed by atoms with E-state index in [1.54, 1.807) is 0 Å². The average molecular weight is 322 g/mol. The van der Waals surface area contributed by atoms with Crippen LogP contribution < -0.4 is 5.73 Å². The van der Waals surface area contributed by atoms with Crippen LogP contribution in [0.15, 0.2) is 16.6 Å². The predicted octanol–water partition coefficient (Wildman–Crippen LogP) is 4.20. The molecule has 4 saturated carbocycles. The van der Waals surface area contributed by atoms with Crippen molar-refractivity contribution in [3.05, 3.63) is 22.2 Å². The number of phenols is 1. The van der Waals surface area contributed by atoms with Crippen molar-refractivity contribution in [1.82, 2.24) is 0 Å². The van der Waals surface area contributed by atoms with Crippen LogP contribution in [-0.4, -0.2) is 5.11 Å². The summed E-state index contributed by atoms with van der Waals surface area (Å²) in [6.07, 6.45) is 8.34. The number of halogens is 1. The van der Waals surface area contributed by atoms with Crippen molar-refractivity contribution < 1.29 is 5.11 Å². The number of nitrogen functional groups attached to an aromatic ring is 1. The summed E-state index contributed by atoms with van der Waals surface area (Å²) in [4.78, 5) is 0. The molecule has 1 aromatic carbocycles. The Hall–Kier alpha value is -0.700. The normalized spacial score (nSPS) is 39.7. The number of benzene rings is 1. The van der Waals surface area contributed by atoms with Gasteiger partial charge in [0.2, 0.25) is 0 Å². The van der Waals surface area contributed by atoms with E-state index in [-0.39, 0.29) is 5.75 Å². The molecule has 3 N–H and O–H groups in total. The van der Waals surface area contributed by atoms with Gasteiger partial charge < -0.3 is 10.8 Å². The van der Waals surface area contributed by atoms with Gasteiger partial charge in [-0.3, -0.25) is 0 Å². The van der Waals surface area contributed by atoms with Gasteiger partial charge in [-0.05, 0) is 95.3 Å². The number of aromatic hydroxyl groups is 1. The Morgan fingerprint density at radius 1 is 1.05 bits per heavy atom. The summed E-state index contributed by atoms with van der Waals surface area (Å²) in [6.45, 7) is 0. The Bertz CT molecular complexity index is 481. The van der Waals surface area contributed by atoms with Crippen LogP contribution in [0, 0.1) is 17.8 Å². The third-order valence-corrected chi connectivity index (χ3v) is 6.35. The number of phenolic OH excluding ortho intramolecular Hbond substituents is 1. The fourth-order valence-corrected chi connectivity index (χ4v) is 5.87. The van der Waals surface area contributed by atoms with Crippen molar-refractivity contribution in [3.8, 4) is 5.75 Å². The molecule has 4 aliphatic carbocycles. The van der Waals surface area contributed by atoms with Gasteiger partial charge in [0.1, 0.15) is 0 Å². The highest BCUT2D eigenvalue weighted by atomic mass is 79.9. The van der Waals surface area contributed by atoms with E-state index in [9.17, 15) is 5.11 Å². The Balaban J connectivity index is 1.79. The molecule has 1 aromatic rings. The molecule has 0 amide bonds. The molecule has 4 bridgehead atoms. The standard InChI is InChI=1S/C16H20BrNO/c17-13-4-12(5-14(18)15(13)19)16-6-9-1-10(7-16)3-11(2-9)8-16/h4-5,9-11,19H,1-3,6-8,18H2. The number of anilines is 1. The molecular formula is C16H20BrNO. The quantitative estimate of drug-likeness (QED) is 0.601. The Morgan fingerprint density at radius 2 is 1.58 bits per heavy atom. The Labute approximate surface area is 122 Å². The van der Waals surface area contributed by atoms with Crippen molar-refractivity contribution in [3.63, 3.8) is 0 Å². The minimum Gasteiger partial charge on any atom is -0.505 e. The summed E-state index contributed by atoms with van der Waals surface area (Å²) in [6, 6.07) is 4.13. The highest BCUT2D eigenvalue weighted by molar-refractivity contribution is 9.10. The van der Waals surface area contributed by atoms with Crippen LogP contribution in [0.3, 0.4) is 0 Å². The van der Waals surface area contributed by atoms with E-state index in [1.165, 1.54) is 44.1 Å². The lowest BCUT2D eigenvalue weighted by atomic mass is 9.48. The number of rotatable bonds is 1. The minimum atomic E-state index is 0.188. The van der Waals surface area contributed by atoms with Crippen molar-refractivity contribution in [1.29, 1.82) is 0 Å². The zero-order chi connectivity index (χ0) is 13.2. The van der Waals surface area contributed by atoms with Gasteiger partial charge in [-0.2, -0.15) is 0 Å². The second-order valence-electron chi connectivity index (χ2n) is 7.09. The minimum absolute atomic E-state index is 0.188. The molecule has 0 unspecified atom stereocenters. The highest BCUT2D eigenvalue weighted by Crippen LogP contribution is 2.61. The molecule has 0 atom stereocenters. The lowest BCUT2D eigenvalue weighted by Crippen LogP contribution is -2.48. The zero-order valence-electron chi connectivity index (χ0n) is 11.0. The molecule has 4 aliphatic rings. The molecular weight excluding hydrogens is 302 g/mol. The van der Waals surface area contributed by atoms with Crippen LogP contribution >= 0.6 is 15.9 Å². The molecule has 5 rings (SSSR count). The van der Waals surface area contributed by atoms with Crippen LogP contribution in [-0.2, 0) is 5.41 Å². The molecule has 0 radical (unpaired) electrons. The first-order chi connectivity index (χ1) is 9.06. The fraction of sp³-hybridized carbons (Fsp3) is 0.625. The molecule has 4 fully saturated rings. The van der Waals surface area contributed by atoms with Crippen LogP contribution in [0.4, 0.5) is 5.69 Å². The van der Waals surface area contributed by atoms with E-state index >= 15 is 0 Å². The number of nitrogens with two attached hydrogens (primary N) is 1. The maximum Gasteiger partial charge on any atom is 0.152 e. The van der Waals surface area contributed by atoms with E-state index in [4.69, 9.17) is 5.73 Å². The van der Waals surface area contributed by atoms with Gasteiger partial charge >= 0.3 is 0 Å². The first kappa shape index (κ1) is 12.1. The zero-order valence-corrected chi connectivity index (χ0v) is 12.6. The summed E-state index contributed by atoms with van der Waals surface area (Å²) in [5.41, 5.74) is 8.18. The summed E-state index contributed by atoms with van der Waals surface area (Å²) in [7, 11) is 0. The molecule has 0 heterocycles. The van der Waals surface area contributed by atoms with Crippen molar-refractivity contribution >= 4 is 21.6 Å². The maximum absolute atomic E-state index is 9.84. The van der Waals surface area contributed by atoms with E-state index in [2.05, 4.69) is 22.0 Å². The van der Waals surface area contributed by atoms with Crippen LogP contribution in [0.1, 0.15) is 44.1 Å². The van der Waals surface area contributed by atoms with Crippen molar-refractivity contribution in [2.24, 2.45) is 17.8 Å². The Morgan fingerprint density at radius 3 is 2.05 bits per heavy atom. The SMILES string of the molecule is Nc1cc(C23CC4CC(CC(C4)C2)C3)cc(Br)c1O. The van der Waals surface area contributed by atoms with Crippen molar-refractivity contribution in [2.75, 3.05) is 5.73 Å². The van der Waals surface area contributed by atoms with Crippen LogP contribution in [0.2, 0.25) is 0 Å². The molecule has 0 aliphatic heterocycles. The average Bonchev–Trinajstić information content (AvgIpc) is 2.33. The van der Waals surface area contributed by atoms with Crippen LogP contribution in [0.5, 0.6) is 5.75 Å². The Kier molecular flexibility index (Phi) is 2.48. The summed E-state index contributed by atoms with van der Waals surface area (Å²) in [5, 5.41) is 9.84. The highest BCUT2D eigenvalue weighted by Gasteiger charge is 2.51. The number of hydrogen-bond donors (Lipinski definition) is 2. The van der Waals surface area contributed by atoms with Gasteiger partial charge in [-0.1, -0.05) is 0 Å². The van der Waals surface area contributed by atoms with E-state index < -0.39 is 0 Å². The first-order valence-corrected chi connectivity index (χ1v) is 8.13. The van der Waals surface area contributed by atoms with Gasteiger partial charge in [0.05, 0.1) is 10.2 Å². The molecule has 102 valence electrons. The smallest absolute Gasteiger partial charge is 0.152 e. The van der Waals surface area contributed by atoms with E-state index in [0.717, 1.165) is 22.2 Å². The van der Waals surface area contributed by atoms with E-state index in [0.29, 0.717) is 11.1 Å². The number of hydrogen-bond acceptors (Lipinski definition) is 2. The molecule has 19 heavy (non-hydrogen) atoms. The van der Waals surface area contributed by atoms with Crippen molar-refractivity contribution in [2.45, 2.75) is 43.9 Å². The lowest BCUT2D eigenvalue weighted by Gasteiger charge is -2.57. The second-order valence-corrected chi connectivity index (χ2v) is 7.95. The molecule has 2 nitrogen and oxygen atoms in total. The van der Waals surface area contributed by atoms with Gasteiger partial charge in [-0.25, -0.2) is 0 Å². The van der Waals surface area contributed by atoms with E-state index in [1.807, 2.05) is 6.07 Å². The first-order valence-electron chi connectivity index (χ1n) is 7.34. The predicted molar refractivity (Wildman–Crippen MR) is 80.1 cm³/mol. The monoisotopic (exact) mass is 321 g/mol. The maximum atomic E-state index is 9.84. The van der Waals surface area contributed by atoms with Gasteiger partial charge in [0.25, 0.3) is 0 Å².